The molecule has 108 valence electrons. The molecule has 1 atom stereocenters. The second-order valence-electron chi connectivity index (χ2n) is 5.15. The number of hydrogen-bond donors (Lipinski definition) is 0. The van der Waals surface area contributed by atoms with E-state index >= 15 is 0 Å². The Morgan fingerprint density at radius 1 is 1.14 bits per heavy atom. The number of benzene rings is 2. The van der Waals surface area contributed by atoms with Crippen molar-refractivity contribution in [2.24, 2.45) is 0 Å². The molecule has 3 rings (SSSR count). The Hall–Kier alpha value is -2.29. The van der Waals surface area contributed by atoms with Gasteiger partial charge in [-0.1, -0.05) is 54.6 Å². The summed E-state index contributed by atoms with van der Waals surface area (Å²) in [6.07, 6.45) is 0.638. The zero-order chi connectivity index (χ0) is 14.7. The zero-order valence-corrected chi connectivity index (χ0v) is 12.2. The zero-order valence-electron chi connectivity index (χ0n) is 12.2. The van der Waals surface area contributed by atoms with Gasteiger partial charge >= 0.3 is 6.09 Å². The molecule has 2 aromatic rings. The first-order valence-corrected chi connectivity index (χ1v) is 7.37. The van der Waals surface area contributed by atoms with Crippen molar-refractivity contribution in [3.63, 3.8) is 0 Å². The summed E-state index contributed by atoms with van der Waals surface area (Å²) in [5.74, 6) is 0. The molecule has 0 fully saturated rings. The van der Waals surface area contributed by atoms with Gasteiger partial charge in [-0.05, 0) is 30.0 Å². The Morgan fingerprint density at radius 2 is 1.86 bits per heavy atom. The monoisotopic (exact) mass is 281 g/mol. The summed E-state index contributed by atoms with van der Waals surface area (Å²) in [7, 11) is 0. The van der Waals surface area contributed by atoms with Crippen LogP contribution in [-0.4, -0.2) is 24.1 Å². The van der Waals surface area contributed by atoms with Crippen LogP contribution >= 0.6 is 0 Å². The molecule has 3 heteroatoms. The average Bonchev–Trinajstić information content (AvgIpc) is 2.55. The van der Waals surface area contributed by atoms with Crippen molar-refractivity contribution in [3.05, 3.63) is 71.3 Å². The number of hydrogen-bond acceptors (Lipinski definition) is 2. The highest BCUT2D eigenvalue weighted by Crippen LogP contribution is 2.35. The predicted octanol–water partition coefficient (Wildman–Crippen LogP) is 3.79. The largest absolute Gasteiger partial charge is 0.450 e. The van der Waals surface area contributed by atoms with E-state index < -0.39 is 0 Å². The van der Waals surface area contributed by atoms with Gasteiger partial charge in [0.1, 0.15) is 0 Å². The van der Waals surface area contributed by atoms with E-state index in [2.05, 4.69) is 30.3 Å². The lowest BCUT2D eigenvalue weighted by atomic mass is 9.88. The fourth-order valence-electron chi connectivity index (χ4n) is 2.96. The molecule has 0 radical (unpaired) electrons. The minimum absolute atomic E-state index is 0.0600. The van der Waals surface area contributed by atoms with Gasteiger partial charge in [0.15, 0.2) is 0 Å². The summed E-state index contributed by atoms with van der Waals surface area (Å²) < 4.78 is 5.24. The number of fused-ring (bicyclic) bond motifs is 1. The Balaban J connectivity index is 2.05. The molecule has 0 aliphatic carbocycles. The second kappa shape index (κ2) is 6.00. The molecule has 0 unspecified atom stereocenters. The van der Waals surface area contributed by atoms with Crippen LogP contribution in [0, 0.1) is 0 Å². The molecular formula is C18H19NO2. The minimum Gasteiger partial charge on any atom is -0.450 e. The number of nitrogens with zero attached hydrogens (tertiary/aromatic N) is 1. The van der Waals surface area contributed by atoms with Crippen LogP contribution < -0.4 is 0 Å². The Labute approximate surface area is 125 Å². The maximum atomic E-state index is 12.3. The van der Waals surface area contributed by atoms with Crippen LogP contribution in [0.3, 0.4) is 0 Å². The van der Waals surface area contributed by atoms with Crippen LogP contribution in [0.2, 0.25) is 0 Å². The predicted molar refractivity (Wildman–Crippen MR) is 82.2 cm³/mol. The lowest BCUT2D eigenvalue weighted by Crippen LogP contribution is -2.40. The van der Waals surface area contributed by atoms with E-state index in [-0.39, 0.29) is 12.1 Å². The molecule has 3 nitrogen and oxygen atoms in total. The van der Waals surface area contributed by atoms with Gasteiger partial charge in [-0.2, -0.15) is 0 Å². The highest BCUT2D eigenvalue weighted by molar-refractivity contribution is 5.70. The number of carbonyl (C=O) groups is 1. The Morgan fingerprint density at radius 3 is 2.62 bits per heavy atom. The van der Waals surface area contributed by atoms with Gasteiger partial charge in [0.2, 0.25) is 0 Å². The van der Waals surface area contributed by atoms with Crippen LogP contribution in [0.25, 0.3) is 0 Å². The number of rotatable bonds is 2. The molecule has 0 saturated carbocycles. The van der Waals surface area contributed by atoms with Gasteiger partial charge in [0.05, 0.1) is 12.6 Å². The van der Waals surface area contributed by atoms with E-state index in [1.807, 2.05) is 36.1 Å². The normalized spacial score (nSPS) is 17.2. The first-order valence-electron chi connectivity index (χ1n) is 7.37. The maximum Gasteiger partial charge on any atom is 0.410 e. The van der Waals surface area contributed by atoms with Crippen LogP contribution in [0.15, 0.2) is 54.6 Å². The van der Waals surface area contributed by atoms with Crippen LogP contribution in [0.4, 0.5) is 4.79 Å². The van der Waals surface area contributed by atoms with Gasteiger partial charge in [-0.25, -0.2) is 4.79 Å². The van der Waals surface area contributed by atoms with E-state index in [4.69, 9.17) is 4.74 Å². The van der Waals surface area contributed by atoms with E-state index in [0.717, 1.165) is 12.0 Å². The number of ether oxygens (including phenoxy) is 1. The maximum absolute atomic E-state index is 12.3. The van der Waals surface area contributed by atoms with Crippen molar-refractivity contribution in [2.75, 3.05) is 13.2 Å². The molecule has 1 aliphatic heterocycles. The quantitative estimate of drug-likeness (QED) is 0.838. The molecule has 0 spiro atoms. The third-order valence-electron chi connectivity index (χ3n) is 3.90. The molecular weight excluding hydrogens is 262 g/mol. The van der Waals surface area contributed by atoms with Crippen molar-refractivity contribution in [1.82, 2.24) is 4.90 Å². The standard InChI is InChI=1S/C18H19NO2/c1-2-21-18(20)19-13-12-14-8-6-7-11-16(14)17(19)15-9-4-3-5-10-15/h3-11,17H,2,12-13H2,1H3/t17-/m1/s1. The van der Waals surface area contributed by atoms with Crippen molar-refractivity contribution in [3.8, 4) is 0 Å². The van der Waals surface area contributed by atoms with Gasteiger partial charge in [-0.3, -0.25) is 4.90 Å². The van der Waals surface area contributed by atoms with E-state index in [1.165, 1.54) is 11.1 Å². The lowest BCUT2D eigenvalue weighted by molar-refractivity contribution is 0.0937. The second-order valence-corrected chi connectivity index (χ2v) is 5.15. The van der Waals surface area contributed by atoms with E-state index in [9.17, 15) is 4.79 Å². The van der Waals surface area contributed by atoms with Crippen LogP contribution in [0.1, 0.15) is 29.7 Å². The molecule has 1 heterocycles. The van der Waals surface area contributed by atoms with Crippen molar-refractivity contribution in [2.45, 2.75) is 19.4 Å². The van der Waals surface area contributed by atoms with Gasteiger partial charge < -0.3 is 4.74 Å². The SMILES string of the molecule is CCOC(=O)N1CCc2ccccc2[C@H]1c1ccccc1. The minimum atomic E-state index is -0.235. The molecule has 21 heavy (non-hydrogen) atoms. The summed E-state index contributed by atoms with van der Waals surface area (Å²) in [6.45, 7) is 2.93. The van der Waals surface area contributed by atoms with Crippen molar-refractivity contribution >= 4 is 6.09 Å². The van der Waals surface area contributed by atoms with E-state index in [0.29, 0.717) is 13.2 Å². The first-order chi connectivity index (χ1) is 10.3. The Bertz CT molecular complexity index is 624. The summed E-state index contributed by atoms with van der Waals surface area (Å²) >= 11 is 0. The van der Waals surface area contributed by atoms with Crippen LogP contribution in [-0.2, 0) is 11.2 Å². The number of amides is 1. The van der Waals surface area contributed by atoms with E-state index in [1.54, 1.807) is 0 Å². The molecule has 0 aromatic heterocycles. The summed E-state index contributed by atoms with van der Waals surface area (Å²) in [5, 5.41) is 0. The van der Waals surface area contributed by atoms with Crippen LogP contribution in [0.5, 0.6) is 0 Å². The molecule has 1 aliphatic rings. The fraction of sp³-hybridized carbons (Fsp3) is 0.278. The highest BCUT2D eigenvalue weighted by Gasteiger charge is 2.32. The first kappa shape index (κ1) is 13.7. The topological polar surface area (TPSA) is 29.5 Å². The molecule has 2 aromatic carbocycles. The van der Waals surface area contributed by atoms with Gasteiger partial charge in [0.25, 0.3) is 0 Å². The van der Waals surface area contributed by atoms with Crippen molar-refractivity contribution < 1.29 is 9.53 Å². The number of carbonyl (C=O) groups excluding carboxylic acids is 1. The summed E-state index contributed by atoms with van der Waals surface area (Å²) in [6, 6.07) is 18.4. The average molecular weight is 281 g/mol. The molecule has 1 amide bonds. The smallest absolute Gasteiger partial charge is 0.410 e. The van der Waals surface area contributed by atoms with Gasteiger partial charge in [-0.15, -0.1) is 0 Å². The molecule has 0 bridgehead atoms. The molecule has 0 N–H and O–H groups in total. The van der Waals surface area contributed by atoms with Gasteiger partial charge in [0, 0.05) is 6.54 Å². The molecule has 0 saturated heterocycles. The highest BCUT2D eigenvalue weighted by atomic mass is 16.6. The summed E-state index contributed by atoms with van der Waals surface area (Å²) in [4.78, 5) is 14.1. The summed E-state index contributed by atoms with van der Waals surface area (Å²) in [5.41, 5.74) is 3.63. The lowest BCUT2D eigenvalue weighted by Gasteiger charge is -2.36. The third kappa shape index (κ3) is 2.64. The van der Waals surface area contributed by atoms with Crippen molar-refractivity contribution in [1.29, 1.82) is 0 Å². The Kier molecular flexibility index (Phi) is 3.91. The fourth-order valence-corrected chi connectivity index (χ4v) is 2.96. The third-order valence-corrected chi connectivity index (χ3v) is 3.90.